The average molecular weight is 293 g/mol. The highest BCUT2D eigenvalue weighted by Crippen LogP contribution is 2.12. The zero-order valence-corrected chi connectivity index (χ0v) is 12.6. The Morgan fingerprint density at radius 2 is 2.10 bits per heavy atom. The van der Waals surface area contributed by atoms with E-state index in [1.165, 1.54) is 37.5 Å². The summed E-state index contributed by atoms with van der Waals surface area (Å²) < 4.78 is 13.7. The van der Waals surface area contributed by atoms with Crippen molar-refractivity contribution < 1.29 is 9.18 Å². The van der Waals surface area contributed by atoms with Gasteiger partial charge in [0.1, 0.15) is 5.82 Å². The molecule has 116 valence electrons. The van der Waals surface area contributed by atoms with E-state index in [2.05, 4.69) is 17.1 Å². The molecule has 0 spiro atoms. The molecule has 0 bridgehead atoms. The van der Waals surface area contributed by atoms with Crippen LogP contribution in [0.4, 0.5) is 4.39 Å². The van der Waals surface area contributed by atoms with Crippen molar-refractivity contribution in [3.63, 3.8) is 0 Å². The summed E-state index contributed by atoms with van der Waals surface area (Å²) >= 11 is 0. The normalized spacial score (nSPS) is 17.6. The number of carbonyl (C=O) groups is 1. The van der Waals surface area contributed by atoms with Crippen LogP contribution in [0.5, 0.6) is 0 Å². The molecule has 2 rings (SSSR count). The first-order valence-corrected chi connectivity index (χ1v) is 7.60. The Bertz CT molecular complexity index is 486. The first kappa shape index (κ1) is 15.9. The SMILES string of the molecule is CC(CN1CCCCC1)NCc1cc(C(N)=O)ccc1F. The molecule has 1 unspecified atom stereocenters. The summed E-state index contributed by atoms with van der Waals surface area (Å²) in [5.74, 6) is -0.838. The fourth-order valence-corrected chi connectivity index (χ4v) is 2.74. The van der Waals surface area contributed by atoms with E-state index in [0.29, 0.717) is 17.7 Å². The van der Waals surface area contributed by atoms with Crippen molar-refractivity contribution in [2.45, 2.75) is 38.8 Å². The molecule has 0 aromatic heterocycles. The van der Waals surface area contributed by atoms with E-state index >= 15 is 0 Å². The third kappa shape index (κ3) is 4.79. The van der Waals surface area contributed by atoms with Gasteiger partial charge in [0, 0.05) is 30.3 Å². The topological polar surface area (TPSA) is 58.4 Å². The Hall–Kier alpha value is -1.46. The number of rotatable bonds is 6. The molecule has 0 radical (unpaired) electrons. The van der Waals surface area contributed by atoms with Gasteiger partial charge in [-0.05, 0) is 51.1 Å². The van der Waals surface area contributed by atoms with Gasteiger partial charge in [-0.3, -0.25) is 4.79 Å². The first-order chi connectivity index (χ1) is 10.1. The van der Waals surface area contributed by atoms with Gasteiger partial charge in [0.25, 0.3) is 0 Å². The number of halogens is 1. The van der Waals surface area contributed by atoms with E-state index in [-0.39, 0.29) is 11.9 Å². The number of piperidine rings is 1. The number of carbonyl (C=O) groups excluding carboxylic acids is 1. The van der Waals surface area contributed by atoms with Crippen LogP contribution < -0.4 is 11.1 Å². The van der Waals surface area contributed by atoms with Gasteiger partial charge in [-0.2, -0.15) is 0 Å². The van der Waals surface area contributed by atoms with E-state index in [4.69, 9.17) is 5.73 Å². The Morgan fingerprint density at radius 3 is 2.76 bits per heavy atom. The predicted octanol–water partition coefficient (Wildman–Crippen LogP) is 1.89. The number of hydrogen-bond acceptors (Lipinski definition) is 3. The summed E-state index contributed by atoms with van der Waals surface area (Å²) in [6, 6.07) is 4.52. The Balaban J connectivity index is 1.86. The van der Waals surface area contributed by atoms with Gasteiger partial charge in [0.2, 0.25) is 5.91 Å². The molecule has 1 aliphatic heterocycles. The van der Waals surface area contributed by atoms with Crippen LogP contribution in [0.25, 0.3) is 0 Å². The highest BCUT2D eigenvalue weighted by Gasteiger charge is 2.14. The van der Waals surface area contributed by atoms with Gasteiger partial charge in [0.05, 0.1) is 0 Å². The van der Waals surface area contributed by atoms with Crippen molar-refractivity contribution in [3.05, 3.63) is 35.1 Å². The van der Waals surface area contributed by atoms with Crippen molar-refractivity contribution in [2.24, 2.45) is 5.73 Å². The first-order valence-electron chi connectivity index (χ1n) is 7.60. The number of likely N-dealkylation sites (tertiary alicyclic amines) is 1. The van der Waals surface area contributed by atoms with Gasteiger partial charge in [-0.15, -0.1) is 0 Å². The van der Waals surface area contributed by atoms with Crippen molar-refractivity contribution in [1.82, 2.24) is 10.2 Å². The molecule has 0 aliphatic carbocycles. The predicted molar refractivity (Wildman–Crippen MR) is 81.5 cm³/mol. The van der Waals surface area contributed by atoms with E-state index in [9.17, 15) is 9.18 Å². The number of benzene rings is 1. The van der Waals surface area contributed by atoms with Gasteiger partial charge >= 0.3 is 0 Å². The summed E-state index contributed by atoms with van der Waals surface area (Å²) in [5, 5.41) is 3.32. The van der Waals surface area contributed by atoms with Crippen molar-refractivity contribution in [3.8, 4) is 0 Å². The van der Waals surface area contributed by atoms with Gasteiger partial charge in [-0.1, -0.05) is 6.42 Å². The zero-order valence-electron chi connectivity index (χ0n) is 12.6. The molecule has 1 aromatic rings. The second-order valence-electron chi connectivity index (χ2n) is 5.81. The van der Waals surface area contributed by atoms with E-state index in [1.54, 1.807) is 0 Å². The fourth-order valence-electron chi connectivity index (χ4n) is 2.74. The van der Waals surface area contributed by atoms with E-state index < -0.39 is 5.91 Å². The molecular formula is C16H24FN3O. The van der Waals surface area contributed by atoms with Gasteiger partial charge in [-0.25, -0.2) is 4.39 Å². The number of amides is 1. The maximum Gasteiger partial charge on any atom is 0.248 e. The quantitative estimate of drug-likeness (QED) is 0.842. The van der Waals surface area contributed by atoms with Crippen molar-refractivity contribution in [2.75, 3.05) is 19.6 Å². The largest absolute Gasteiger partial charge is 0.366 e. The monoisotopic (exact) mass is 293 g/mol. The lowest BCUT2D eigenvalue weighted by molar-refractivity contribution is 0.1000. The lowest BCUT2D eigenvalue weighted by atomic mass is 10.1. The fraction of sp³-hybridized carbons (Fsp3) is 0.562. The standard InChI is InChI=1S/C16H24FN3O/c1-12(11-20-7-3-2-4-8-20)19-10-14-9-13(16(18)21)5-6-15(14)17/h5-6,9,12,19H,2-4,7-8,10-11H2,1H3,(H2,18,21). The summed E-state index contributed by atoms with van der Waals surface area (Å²) in [4.78, 5) is 13.6. The summed E-state index contributed by atoms with van der Waals surface area (Å²) in [7, 11) is 0. The molecule has 1 heterocycles. The number of nitrogens with two attached hydrogens (primary N) is 1. The molecule has 4 nitrogen and oxygen atoms in total. The Kier molecular flexibility index (Phi) is 5.70. The smallest absolute Gasteiger partial charge is 0.248 e. The summed E-state index contributed by atoms with van der Waals surface area (Å²) in [5.41, 5.74) is 6.05. The summed E-state index contributed by atoms with van der Waals surface area (Å²) in [6.45, 7) is 5.78. The molecule has 1 amide bonds. The van der Waals surface area contributed by atoms with Crippen LogP contribution in [0.3, 0.4) is 0 Å². The zero-order chi connectivity index (χ0) is 15.2. The Morgan fingerprint density at radius 1 is 1.38 bits per heavy atom. The number of hydrogen-bond donors (Lipinski definition) is 2. The number of nitrogens with one attached hydrogen (secondary N) is 1. The molecule has 1 aromatic carbocycles. The second-order valence-corrected chi connectivity index (χ2v) is 5.81. The minimum atomic E-state index is -0.530. The van der Waals surface area contributed by atoms with Gasteiger partial charge in [0.15, 0.2) is 0 Å². The van der Waals surface area contributed by atoms with Crippen LogP contribution in [-0.2, 0) is 6.54 Å². The van der Waals surface area contributed by atoms with Gasteiger partial charge < -0.3 is 16.0 Å². The maximum absolute atomic E-state index is 13.7. The van der Waals surface area contributed by atoms with Crippen LogP contribution >= 0.6 is 0 Å². The average Bonchev–Trinajstić information content (AvgIpc) is 2.47. The Labute approximate surface area is 125 Å². The third-order valence-electron chi connectivity index (χ3n) is 3.95. The molecule has 1 saturated heterocycles. The third-order valence-corrected chi connectivity index (χ3v) is 3.95. The molecule has 3 N–H and O–H groups in total. The van der Waals surface area contributed by atoms with E-state index in [1.807, 2.05) is 0 Å². The van der Waals surface area contributed by atoms with E-state index in [0.717, 1.165) is 19.6 Å². The van der Waals surface area contributed by atoms with Crippen LogP contribution in [0.1, 0.15) is 42.1 Å². The number of primary amides is 1. The second kappa shape index (κ2) is 7.52. The number of nitrogens with zero attached hydrogens (tertiary/aromatic N) is 1. The lowest BCUT2D eigenvalue weighted by Crippen LogP contribution is -2.41. The lowest BCUT2D eigenvalue weighted by Gasteiger charge is -2.29. The molecule has 1 aliphatic rings. The molecule has 0 saturated carbocycles. The molecule has 1 fully saturated rings. The molecular weight excluding hydrogens is 269 g/mol. The van der Waals surface area contributed by atoms with Crippen molar-refractivity contribution >= 4 is 5.91 Å². The van der Waals surface area contributed by atoms with Crippen molar-refractivity contribution in [1.29, 1.82) is 0 Å². The minimum absolute atomic E-state index is 0.278. The van der Waals surface area contributed by atoms with Crippen LogP contribution in [0.15, 0.2) is 18.2 Å². The highest BCUT2D eigenvalue weighted by molar-refractivity contribution is 5.92. The van der Waals surface area contributed by atoms with Crippen LogP contribution in [-0.4, -0.2) is 36.5 Å². The van der Waals surface area contributed by atoms with Crippen LogP contribution in [0, 0.1) is 5.82 Å². The molecule has 21 heavy (non-hydrogen) atoms. The highest BCUT2D eigenvalue weighted by atomic mass is 19.1. The molecule has 5 heteroatoms. The van der Waals surface area contributed by atoms with Crippen LogP contribution in [0.2, 0.25) is 0 Å². The minimum Gasteiger partial charge on any atom is -0.366 e. The summed E-state index contributed by atoms with van der Waals surface area (Å²) in [6.07, 6.45) is 3.85. The molecule has 1 atom stereocenters. The maximum atomic E-state index is 13.7.